The predicted octanol–water partition coefficient (Wildman–Crippen LogP) is 3.40. The molecule has 0 unspecified atom stereocenters. The van der Waals surface area contributed by atoms with Gasteiger partial charge in [-0.05, 0) is 30.4 Å². The van der Waals surface area contributed by atoms with Gasteiger partial charge in [0.15, 0.2) is 5.11 Å². The highest BCUT2D eigenvalue weighted by Gasteiger charge is 2.25. The number of amides is 1. The number of rotatable bonds is 2. The summed E-state index contributed by atoms with van der Waals surface area (Å²) in [6, 6.07) is 11.2. The summed E-state index contributed by atoms with van der Waals surface area (Å²) in [4.78, 5) is 23.8. The first-order valence-electron chi connectivity index (χ1n) is 6.87. The largest absolute Gasteiger partial charge is 0.331 e. The van der Waals surface area contributed by atoms with Gasteiger partial charge in [-0.15, -0.1) is 0 Å². The van der Waals surface area contributed by atoms with Gasteiger partial charge in [-0.2, -0.15) is 0 Å². The van der Waals surface area contributed by atoms with Crippen LogP contribution in [-0.4, -0.2) is 22.5 Å². The van der Waals surface area contributed by atoms with E-state index in [1.807, 2.05) is 12.1 Å². The van der Waals surface area contributed by atoms with E-state index in [2.05, 4.69) is 10.6 Å². The monoisotopic (exact) mass is 362 g/mol. The van der Waals surface area contributed by atoms with Crippen LogP contribution in [0.4, 0.5) is 22.7 Å². The SMILES string of the molecule is O=C1CN(C(=S)Nc2cc([N+](=O)[O-])ccc2Cl)c2ccccc2N1. The summed E-state index contributed by atoms with van der Waals surface area (Å²) in [6.07, 6.45) is 0. The van der Waals surface area contributed by atoms with Crippen LogP contribution < -0.4 is 15.5 Å². The van der Waals surface area contributed by atoms with Crippen molar-refractivity contribution in [1.29, 1.82) is 0 Å². The van der Waals surface area contributed by atoms with Crippen LogP contribution in [-0.2, 0) is 4.79 Å². The lowest BCUT2D eigenvalue weighted by Crippen LogP contribution is -2.44. The van der Waals surface area contributed by atoms with E-state index in [1.54, 1.807) is 17.0 Å². The topological polar surface area (TPSA) is 87.5 Å². The Morgan fingerprint density at radius 3 is 2.83 bits per heavy atom. The molecule has 3 rings (SSSR count). The van der Waals surface area contributed by atoms with E-state index in [4.69, 9.17) is 23.8 Å². The summed E-state index contributed by atoms with van der Waals surface area (Å²) < 4.78 is 0. The Labute approximate surface area is 147 Å². The number of anilines is 3. The zero-order valence-corrected chi connectivity index (χ0v) is 13.7. The van der Waals surface area contributed by atoms with Crippen molar-refractivity contribution in [2.24, 2.45) is 0 Å². The number of carbonyl (C=O) groups is 1. The van der Waals surface area contributed by atoms with Crippen molar-refractivity contribution in [3.05, 3.63) is 57.6 Å². The van der Waals surface area contributed by atoms with Crippen molar-refractivity contribution in [2.75, 3.05) is 22.1 Å². The lowest BCUT2D eigenvalue weighted by atomic mass is 10.2. The molecule has 0 spiro atoms. The number of non-ortho nitro benzene ring substituents is 1. The van der Waals surface area contributed by atoms with Crippen LogP contribution in [0.1, 0.15) is 0 Å². The highest BCUT2D eigenvalue weighted by molar-refractivity contribution is 7.80. The van der Waals surface area contributed by atoms with Gasteiger partial charge in [0.2, 0.25) is 5.91 Å². The summed E-state index contributed by atoms with van der Waals surface area (Å²) >= 11 is 11.4. The van der Waals surface area contributed by atoms with Crippen LogP contribution >= 0.6 is 23.8 Å². The van der Waals surface area contributed by atoms with Gasteiger partial charge < -0.3 is 15.5 Å². The van der Waals surface area contributed by atoms with Crippen LogP contribution in [0.3, 0.4) is 0 Å². The molecule has 0 fully saturated rings. The Hall–Kier alpha value is -2.71. The molecule has 0 bridgehead atoms. The molecule has 0 atom stereocenters. The average molecular weight is 363 g/mol. The molecule has 0 radical (unpaired) electrons. The molecule has 0 aromatic heterocycles. The average Bonchev–Trinajstić information content (AvgIpc) is 2.55. The molecule has 0 aliphatic carbocycles. The van der Waals surface area contributed by atoms with E-state index in [0.717, 1.165) is 5.69 Å². The maximum absolute atomic E-state index is 11.8. The summed E-state index contributed by atoms with van der Waals surface area (Å²) in [7, 11) is 0. The maximum Gasteiger partial charge on any atom is 0.271 e. The van der Waals surface area contributed by atoms with Crippen LogP contribution in [0.5, 0.6) is 0 Å². The summed E-state index contributed by atoms with van der Waals surface area (Å²) in [5.41, 5.74) is 1.57. The van der Waals surface area contributed by atoms with E-state index in [0.29, 0.717) is 11.4 Å². The number of nitrogens with one attached hydrogen (secondary N) is 2. The van der Waals surface area contributed by atoms with Gasteiger partial charge in [-0.3, -0.25) is 14.9 Å². The van der Waals surface area contributed by atoms with Crippen molar-refractivity contribution in [3.63, 3.8) is 0 Å². The molecule has 7 nitrogen and oxygen atoms in total. The van der Waals surface area contributed by atoms with Gasteiger partial charge in [0.1, 0.15) is 6.54 Å². The van der Waals surface area contributed by atoms with Crippen LogP contribution in [0.25, 0.3) is 0 Å². The standard InChI is InChI=1S/C15H11ClN4O3S/c16-10-6-5-9(20(22)23)7-12(10)18-15(24)19-8-14(21)17-11-3-1-2-4-13(11)19/h1-7H,8H2,(H,17,21)(H,18,24). The molecule has 1 aliphatic heterocycles. The Balaban J connectivity index is 1.90. The number of carbonyl (C=O) groups excluding carboxylic acids is 1. The lowest BCUT2D eigenvalue weighted by molar-refractivity contribution is -0.384. The van der Waals surface area contributed by atoms with Gasteiger partial charge in [0.25, 0.3) is 5.69 Å². The van der Waals surface area contributed by atoms with Gasteiger partial charge in [-0.25, -0.2) is 0 Å². The van der Waals surface area contributed by atoms with E-state index < -0.39 is 4.92 Å². The molecule has 24 heavy (non-hydrogen) atoms. The molecule has 122 valence electrons. The third-order valence-corrected chi connectivity index (χ3v) is 4.07. The summed E-state index contributed by atoms with van der Waals surface area (Å²) in [6.45, 7) is 0.0371. The van der Waals surface area contributed by atoms with Crippen molar-refractivity contribution < 1.29 is 9.72 Å². The number of nitro groups is 1. The first kappa shape index (κ1) is 16.2. The van der Waals surface area contributed by atoms with Crippen molar-refractivity contribution in [2.45, 2.75) is 0 Å². The molecule has 1 amide bonds. The highest BCUT2D eigenvalue weighted by atomic mass is 35.5. The number of benzene rings is 2. The number of halogens is 1. The molecule has 0 saturated heterocycles. The Morgan fingerprint density at radius 1 is 1.33 bits per heavy atom. The molecule has 2 aromatic carbocycles. The minimum absolute atomic E-state index is 0.0371. The number of hydrogen-bond donors (Lipinski definition) is 2. The number of nitrogens with zero attached hydrogens (tertiary/aromatic N) is 2. The fourth-order valence-electron chi connectivity index (χ4n) is 2.32. The maximum atomic E-state index is 11.8. The number of nitro benzene ring substituents is 1. The third-order valence-electron chi connectivity index (χ3n) is 3.42. The van der Waals surface area contributed by atoms with E-state index in [-0.39, 0.29) is 28.3 Å². The third kappa shape index (κ3) is 3.15. The molecule has 1 heterocycles. The summed E-state index contributed by atoms with van der Waals surface area (Å²) in [5, 5.41) is 17.0. The van der Waals surface area contributed by atoms with Crippen LogP contribution in [0.2, 0.25) is 5.02 Å². The number of fused-ring (bicyclic) bond motifs is 1. The second-order valence-electron chi connectivity index (χ2n) is 5.00. The number of hydrogen-bond acceptors (Lipinski definition) is 4. The van der Waals surface area contributed by atoms with Crippen molar-refractivity contribution in [1.82, 2.24) is 0 Å². The zero-order chi connectivity index (χ0) is 17.3. The highest BCUT2D eigenvalue weighted by Crippen LogP contribution is 2.31. The van der Waals surface area contributed by atoms with E-state index in [1.165, 1.54) is 18.2 Å². The van der Waals surface area contributed by atoms with Gasteiger partial charge in [0.05, 0.1) is 27.0 Å². The molecule has 1 aliphatic rings. The van der Waals surface area contributed by atoms with Crippen LogP contribution in [0, 0.1) is 10.1 Å². The van der Waals surface area contributed by atoms with Gasteiger partial charge in [0, 0.05) is 12.1 Å². The fourth-order valence-corrected chi connectivity index (χ4v) is 2.76. The van der Waals surface area contributed by atoms with Crippen molar-refractivity contribution >= 4 is 57.6 Å². The fraction of sp³-hybridized carbons (Fsp3) is 0.0667. The summed E-state index contributed by atoms with van der Waals surface area (Å²) in [5.74, 6) is -0.206. The second-order valence-corrected chi connectivity index (χ2v) is 5.80. The lowest BCUT2D eigenvalue weighted by Gasteiger charge is -2.31. The van der Waals surface area contributed by atoms with Gasteiger partial charge in [-0.1, -0.05) is 23.7 Å². The van der Waals surface area contributed by atoms with Crippen molar-refractivity contribution in [3.8, 4) is 0 Å². The first-order chi connectivity index (χ1) is 11.5. The smallest absolute Gasteiger partial charge is 0.271 e. The molecule has 0 saturated carbocycles. The second kappa shape index (κ2) is 6.42. The Bertz CT molecular complexity index is 858. The number of para-hydroxylation sites is 2. The minimum atomic E-state index is -0.520. The molecule has 9 heteroatoms. The Kier molecular flexibility index (Phi) is 4.32. The predicted molar refractivity (Wildman–Crippen MR) is 96.7 cm³/mol. The minimum Gasteiger partial charge on any atom is -0.331 e. The zero-order valence-electron chi connectivity index (χ0n) is 12.2. The van der Waals surface area contributed by atoms with Crippen LogP contribution in [0.15, 0.2) is 42.5 Å². The molecule has 2 N–H and O–H groups in total. The molecular formula is C15H11ClN4O3S. The molecular weight excluding hydrogens is 352 g/mol. The normalized spacial score (nSPS) is 13.0. The molecule has 2 aromatic rings. The number of thiocarbonyl (C=S) groups is 1. The quantitative estimate of drug-likeness (QED) is 0.483. The van der Waals surface area contributed by atoms with E-state index in [9.17, 15) is 14.9 Å². The Morgan fingerprint density at radius 2 is 2.08 bits per heavy atom. The van der Waals surface area contributed by atoms with E-state index >= 15 is 0 Å². The van der Waals surface area contributed by atoms with Gasteiger partial charge >= 0.3 is 0 Å². The first-order valence-corrected chi connectivity index (χ1v) is 7.65.